The Morgan fingerprint density at radius 3 is 2.52 bits per heavy atom. The number of aromatic nitrogens is 2. The lowest BCUT2D eigenvalue weighted by molar-refractivity contribution is -0.125. The smallest absolute Gasteiger partial charge is 0.223 e. The average molecular weight is 393 g/mol. The summed E-state index contributed by atoms with van der Waals surface area (Å²) >= 11 is 0. The maximum Gasteiger partial charge on any atom is 0.223 e. The van der Waals surface area contributed by atoms with E-state index in [0.29, 0.717) is 11.1 Å². The monoisotopic (exact) mass is 392 g/mol. The Morgan fingerprint density at radius 1 is 1.07 bits per heavy atom. The Kier molecular flexibility index (Phi) is 6.20. The van der Waals surface area contributed by atoms with Crippen LogP contribution in [0, 0.1) is 17.2 Å². The van der Waals surface area contributed by atoms with E-state index in [9.17, 15) is 10.1 Å². The van der Waals surface area contributed by atoms with Gasteiger partial charge in [0, 0.05) is 44.5 Å². The molecular formula is C22H28N6O. The molecule has 2 fully saturated rings. The number of carbonyl (C=O) groups excluding carboxylic acids is 1. The van der Waals surface area contributed by atoms with E-state index < -0.39 is 0 Å². The Bertz CT molecular complexity index is 894. The standard InChI is InChI=1S/C22H28N6O/c23-16-18-4-5-19(21-20(18)24-8-9-25-21)28-13-6-17(7-14-28)22(29)26-10-15-27-11-2-1-3-12-27/h4-5,8-9,17H,1-3,6-7,10-15H2,(H,26,29). The third-order valence-corrected chi connectivity index (χ3v) is 6.11. The second-order valence-corrected chi connectivity index (χ2v) is 7.95. The van der Waals surface area contributed by atoms with Crippen molar-refractivity contribution in [1.82, 2.24) is 20.2 Å². The SMILES string of the molecule is N#Cc1ccc(N2CCC(C(=O)NCCN3CCCCC3)CC2)c2nccnc12. The minimum atomic E-state index is 0.0725. The molecule has 1 N–H and O–H groups in total. The van der Waals surface area contributed by atoms with Crippen molar-refractivity contribution in [2.24, 2.45) is 5.92 Å². The van der Waals surface area contributed by atoms with Crippen LogP contribution >= 0.6 is 0 Å². The van der Waals surface area contributed by atoms with E-state index in [1.165, 1.54) is 19.3 Å². The third-order valence-electron chi connectivity index (χ3n) is 6.11. The first-order chi connectivity index (χ1) is 14.3. The zero-order chi connectivity index (χ0) is 20.1. The molecule has 7 nitrogen and oxygen atoms in total. The molecule has 0 aliphatic carbocycles. The van der Waals surface area contributed by atoms with Crippen LogP contribution in [0.1, 0.15) is 37.7 Å². The number of nitrogens with one attached hydrogen (secondary N) is 1. The molecule has 152 valence electrons. The van der Waals surface area contributed by atoms with Gasteiger partial charge in [0.1, 0.15) is 17.1 Å². The first kappa shape index (κ1) is 19.6. The van der Waals surface area contributed by atoms with E-state index in [-0.39, 0.29) is 11.8 Å². The summed E-state index contributed by atoms with van der Waals surface area (Å²) in [4.78, 5) is 26.1. The predicted octanol–water partition coefficient (Wildman–Crippen LogP) is 2.32. The Morgan fingerprint density at radius 2 is 1.79 bits per heavy atom. The molecule has 2 aliphatic rings. The molecule has 0 unspecified atom stereocenters. The summed E-state index contributed by atoms with van der Waals surface area (Å²) in [5.74, 6) is 0.259. The number of likely N-dealkylation sites (tertiary alicyclic amines) is 1. The third kappa shape index (κ3) is 4.48. The first-order valence-corrected chi connectivity index (χ1v) is 10.6. The molecule has 2 saturated heterocycles. The summed E-state index contributed by atoms with van der Waals surface area (Å²) < 4.78 is 0. The fraction of sp³-hybridized carbons (Fsp3) is 0.545. The highest BCUT2D eigenvalue weighted by Crippen LogP contribution is 2.29. The lowest BCUT2D eigenvalue weighted by atomic mass is 9.95. The van der Waals surface area contributed by atoms with Gasteiger partial charge < -0.3 is 15.1 Å². The molecule has 3 heterocycles. The van der Waals surface area contributed by atoms with Crippen LogP contribution in [0.3, 0.4) is 0 Å². The quantitative estimate of drug-likeness (QED) is 0.841. The van der Waals surface area contributed by atoms with Crippen molar-refractivity contribution < 1.29 is 4.79 Å². The number of anilines is 1. The van der Waals surface area contributed by atoms with Crippen molar-refractivity contribution in [2.45, 2.75) is 32.1 Å². The number of amides is 1. The van der Waals surface area contributed by atoms with Crippen LogP contribution in [-0.4, -0.2) is 60.0 Å². The van der Waals surface area contributed by atoms with Gasteiger partial charge in [-0.1, -0.05) is 6.42 Å². The molecule has 0 atom stereocenters. The van der Waals surface area contributed by atoms with Crippen LogP contribution in [0.5, 0.6) is 0 Å². The van der Waals surface area contributed by atoms with Crippen molar-refractivity contribution in [3.8, 4) is 6.07 Å². The summed E-state index contributed by atoms with van der Waals surface area (Å²) in [7, 11) is 0. The normalized spacial score (nSPS) is 18.5. The van der Waals surface area contributed by atoms with Crippen molar-refractivity contribution in [3.63, 3.8) is 0 Å². The molecule has 0 saturated carbocycles. The number of piperidine rings is 2. The van der Waals surface area contributed by atoms with Crippen molar-refractivity contribution in [3.05, 3.63) is 30.1 Å². The fourth-order valence-electron chi connectivity index (χ4n) is 4.44. The lowest BCUT2D eigenvalue weighted by Crippen LogP contribution is -2.43. The van der Waals surface area contributed by atoms with Crippen LogP contribution in [-0.2, 0) is 4.79 Å². The lowest BCUT2D eigenvalue weighted by Gasteiger charge is -2.33. The summed E-state index contributed by atoms with van der Waals surface area (Å²) in [5, 5.41) is 12.4. The topological polar surface area (TPSA) is 85.2 Å². The van der Waals surface area contributed by atoms with Gasteiger partial charge in [-0.15, -0.1) is 0 Å². The summed E-state index contributed by atoms with van der Waals surface area (Å²) in [5.41, 5.74) is 2.94. The second-order valence-electron chi connectivity index (χ2n) is 7.95. The molecule has 0 bridgehead atoms. The molecule has 4 rings (SSSR count). The number of hydrogen-bond acceptors (Lipinski definition) is 6. The van der Waals surface area contributed by atoms with E-state index in [4.69, 9.17) is 0 Å². The van der Waals surface area contributed by atoms with Crippen molar-refractivity contribution >= 4 is 22.6 Å². The molecule has 1 aromatic heterocycles. The van der Waals surface area contributed by atoms with E-state index >= 15 is 0 Å². The van der Waals surface area contributed by atoms with E-state index in [1.807, 2.05) is 12.1 Å². The fourth-order valence-corrected chi connectivity index (χ4v) is 4.44. The van der Waals surface area contributed by atoms with Crippen LogP contribution < -0.4 is 10.2 Å². The second kappa shape index (κ2) is 9.19. The van der Waals surface area contributed by atoms with Gasteiger partial charge >= 0.3 is 0 Å². The zero-order valence-corrected chi connectivity index (χ0v) is 16.8. The molecule has 29 heavy (non-hydrogen) atoms. The van der Waals surface area contributed by atoms with Gasteiger partial charge in [0.25, 0.3) is 0 Å². The van der Waals surface area contributed by atoms with Gasteiger partial charge in [0.2, 0.25) is 5.91 Å². The average Bonchev–Trinajstić information content (AvgIpc) is 2.79. The molecule has 1 aromatic carbocycles. The minimum Gasteiger partial charge on any atom is -0.370 e. The van der Waals surface area contributed by atoms with E-state index in [0.717, 1.165) is 63.3 Å². The molecule has 1 amide bonds. The Hall–Kier alpha value is -2.72. The summed E-state index contributed by atoms with van der Waals surface area (Å²) in [6.07, 6.45) is 8.83. The number of carbonyl (C=O) groups is 1. The largest absolute Gasteiger partial charge is 0.370 e. The zero-order valence-electron chi connectivity index (χ0n) is 16.8. The maximum absolute atomic E-state index is 12.6. The number of hydrogen-bond donors (Lipinski definition) is 1. The molecule has 0 spiro atoms. The highest BCUT2D eigenvalue weighted by Gasteiger charge is 2.26. The van der Waals surface area contributed by atoms with E-state index in [1.54, 1.807) is 12.4 Å². The summed E-state index contributed by atoms with van der Waals surface area (Å²) in [6, 6.07) is 5.95. The molecule has 0 radical (unpaired) electrons. The van der Waals surface area contributed by atoms with Gasteiger partial charge in [-0.05, 0) is 50.9 Å². The highest BCUT2D eigenvalue weighted by molar-refractivity contribution is 5.92. The van der Waals surface area contributed by atoms with Gasteiger partial charge in [-0.25, -0.2) is 0 Å². The van der Waals surface area contributed by atoms with Crippen LogP contribution in [0.15, 0.2) is 24.5 Å². The maximum atomic E-state index is 12.6. The molecule has 2 aromatic rings. The number of benzene rings is 1. The summed E-state index contributed by atoms with van der Waals surface area (Å²) in [6.45, 7) is 5.64. The Labute approximate surface area is 171 Å². The van der Waals surface area contributed by atoms with Crippen LogP contribution in [0.4, 0.5) is 5.69 Å². The van der Waals surface area contributed by atoms with Gasteiger partial charge in [0.05, 0.1) is 11.3 Å². The predicted molar refractivity (Wildman–Crippen MR) is 112 cm³/mol. The molecular weight excluding hydrogens is 364 g/mol. The number of nitrogens with zero attached hydrogens (tertiary/aromatic N) is 5. The molecule has 2 aliphatic heterocycles. The highest BCUT2D eigenvalue weighted by atomic mass is 16.1. The minimum absolute atomic E-state index is 0.0725. The Balaban J connectivity index is 1.32. The number of rotatable bonds is 5. The van der Waals surface area contributed by atoms with Gasteiger partial charge in [-0.2, -0.15) is 5.26 Å². The van der Waals surface area contributed by atoms with Crippen LogP contribution in [0.25, 0.3) is 11.0 Å². The van der Waals surface area contributed by atoms with Crippen LogP contribution in [0.2, 0.25) is 0 Å². The van der Waals surface area contributed by atoms with Crippen molar-refractivity contribution in [2.75, 3.05) is 44.2 Å². The van der Waals surface area contributed by atoms with E-state index in [2.05, 4.69) is 31.2 Å². The van der Waals surface area contributed by atoms with Crippen molar-refractivity contribution in [1.29, 1.82) is 5.26 Å². The first-order valence-electron chi connectivity index (χ1n) is 10.6. The molecule has 7 heteroatoms. The van der Waals surface area contributed by atoms with Gasteiger partial charge in [0.15, 0.2) is 0 Å². The number of nitriles is 1. The number of fused-ring (bicyclic) bond motifs is 1. The van der Waals surface area contributed by atoms with Gasteiger partial charge in [-0.3, -0.25) is 14.8 Å².